The number of hydrogen-bond donors (Lipinski definition) is 1. The van der Waals surface area contributed by atoms with Gasteiger partial charge in [-0.3, -0.25) is 0 Å². The van der Waals surface area contributed by atoms with Crippen LogP contribution in [0.1, 0.15) is 11.3 Å². The number of aryl methyl sites for hydroxylation is 2. The molecule has 0 unspecified atom stereocenters. The molecule has 0 atom stereocenters. The molecular weight excluding hydrogens is 403 g/mol. The van der Waals surface area contributed by atoms with Crippen LogP contribution >= 0.6 is 11.3 Å². The van der Waals surface area contributed by atoms with E-state index in [0.29, 0.717) is 37.7 Å². The summed E-state index contributed by atoms with van der Waals surface area (Å²) >= 11 is 1.27. The van der Waals surface area contributed by atoms with Gasteiger partial charge < -0.3 is 9.84 Å². The van der Waals surface area contributed by atoms with Crippen LogP contribution in [0.5, 0.6) is 11.6 Å². The molecule has 4 rings (SSSR count). The number of phenols is 1. The SMILES string of the molecule is Cc1cc(-c2nc(C)c(-c3cc(F)ccc3O)s2)c2ncc(OC(F)F)nc2c1. The van der Waals surface area contributed by atoms with E-state index in [1.54, 1.807) is 13.0 Å². The van der Waals surface area contributed by atoms with Crippen LogP contribution in [0, 0.1) is 19.7 Å². The average molecular weight is 417 g/mol. The maximum absolute atomic E-state index is 13.7. The summed E-state index contributed by atoms with van der Waals surface area (Å²) in [6.45, 7) is 0.609. The highest BCUT2D eigenvalue weighted by Crippen LogP contribution is 2.41. The molecule has 0 amide bonds. The van der Waals surface area contributed by atoms with Crippen LogP contribution in [-0.2, 0) is 0 Å². The molecule has 2 heterocycles. The van der Waals surface area contributed by atoms with Crippen molar-refractivity contribution in [3.8, 4) is 32.6 Å². The molecule has 0 saturated carbocycles. The van der Waals surface area contributed by atoms with Crippen molar-refractivity contribution in [3.05, 3.63) is 53.6 Å². The minimum absolute atomic E-state index is 0.0487. The topological polar surface area (TPSA) is 68.1 Å². The smallest absolute Gasteiger partial charge is 0.388 e. The monoisotopic (exact) mass is 417 g/mol. The van der Waals surface area contributed by atoms with Gasteiger partial charge in [-0.15, -0.1) is 11.3 Å². The van der Waals surface area contributed by atoms with Crippen molar-refractivity contribution in [1.29, 1.82) is 0 Å². The first-order chi connectivity index (χ1) is 13.8. The van der Waals surface area contributed by atoms with E-state index >= 15 is 0 Å². The van der Waals surface area contributed by atoms with Crippen molar-refractivity contribution in [2.75, 3.05) is 0 Å². The molecule has 0 fully saturated rings. The highest BCUT2D eigenvalue weighted by Gasteiger charge is 2.18. The molecule has 9 heteroatoms. The summed E-state index contributed by atoms with van der Waals surface area (Å²) in [6, 6.07) is 7.30. The molecule has 0 saturated heterocycles. The fourth-order valence-electron chi connectivity index (χ4n) is 3.01. The van der Waals surface area contributed by atoms with Crippen LogP contribution in [0.3, 0.4) is 0 Å². The van der Waals surface area contributed by atoms with Crippen molar-refractivity contribution >= 4 is 22.4 Å². The van der Waals surface area contributed by atoms with Crippen molar-refractivity contribution in [1.82, 2.24) is 15.0 Å². The quantitative estimate of drug-likeness (QED) is 0.476. The van der Waals surface area contributed by atoms with Crippen LogP contribution in [0.15, 0.2) is 36.5 Å². The number of ether oxygens (including phenoxy) is 1. The third kappa shape index (κ3) is 3.73. The summed E-state index contributed by atoms with van der Waals surface area (Å²) in [5, 5.41) is 10.7. The summed E-state index contributed by atoms with van der Waals surface area (Å²) in [7, 11) is 0. The van der Waals surface area contributed by atoms with Gasteiger partial charge in [-0.1, -0.05) is 0 Å². The number of nitrogens with zero attached hydrogens (tertiary/aromatic N) is 3. The molecule has 29 heavy (non-hydrogen) atoms. The molecule has 0 spiro atoms. The Morgan fingerprint density at radius 2 is 1.86 bits per heavy atom. The Kier molecular flexibility index (Phi) is 4.83. The van der Waals surface area contributed by atoms with E-state index in [0.717, 1.165) is 11.8 Å². The zero-order valence-corrected chi connectivity index (χ0v) is 16.1. The Bertz CT molecular complexity index is 1230. The lowest BCUT2D eigenvalue weighted by atomic mass is 10.1. The largest absolute Gasteiger partial charge is 0.507 e. The molecule has 0 radical (unpaired) electrons. The van der Waals surface area contributed by atoms with Crippen LogP contribution in [0.25, 0.3) is 32.0 Å². The first-order valence-corrected chi connectivity index (χ1v) is 9.32. The summed E-state index contributed by atoms with van der Waals surface area (Å²) in [5.74, 6) is -0.789. The lowest BCUT2D eigenvalue weighted by molar-refractivity contribution is -0.0528. The average Bonchev–Trinajstić information content (AvgIpc) is 3.03. The number of rotatable bonds is 4. The van der Waals surface area contributed by atoms with Crippen molar-refractivity contribution in [3.63, 3.8) is 0 Å². The third-order valence-corrected chi connectivity index (χ3v) is 5.43. The Labute approximate surface area is 167 Å². The number of hydrogen-bond acceptors (Lipinski definition) is 6. The number of phenolic OH excluding ortho intramolecular Hbond substituents is 1. The Morgan fingerprint density at radius 3 is 2.62 bits per heavy atom. The lowest BCUT2D eigenvalue weighted by Gasteiger charge is -2.07. The maximum Gasteiger partial charge on any atom is 0.388 e. The normalized spacial score (nSPS) is 11.4. The third-order valence-electron chi connectivity index (χ3n) is 4.21. The van der Waals surface area contributed by atoms with Gasteiger partial charge in [0.15, 0.2) is 0 Å². The van der Waals surface area contributed by atoms with Gasteiger partial charge in [-0.05, 0) is 49.7 Å². The Morgan fingerprint density at radius 1 is 1.07 bits per heavy atom. The van der Waals surface area contributed by atoms with Crippen LogP contribution < -0.4 is 4.74 Å². The molecule has 0 bridgehead atoms. The van der Waals surface area contributed by atoms with Crippen LogP contribution in [-0.4, -0.2) is 26.7 Å². The highest BCUT2D eigenvalue weighted by molar-refractivity contribution is 7.18. The van der Waals surface area contributed by atoms with E-state index in [1.165, 1.54) is 29.5 Å². The van der Waals surface area contributed by atoms with Gasteiger partial charge in [0, 0.05) is 11.1 Å². The maximum atomic E-state index is 13.7. The number of thiazole rings is 1. The predicted octanol–water partition coefficient (Wildman–Crippen LogP) is 5.48. The standard InChI is InChI=1S/C20H14F3N3O2S/c1-9-5-13(17-14(6-9)26-16(8-24-17)28-20(22)23)19-25-10(2)18(29-19)12-7-11(21)3-4-15(12)27/h3-8,20,27H,1-2H3. The number of halogens is 3. The Hall–Kier alpha value is -3.20. The van der Waals surface area contributed by atoms with Crippen LogP contribution in [0.2, 0.25) is 0 Å². The molecule has 4 aromatic rings. The summed E-state index contributed by atoms with van der Waals surface area (Å²) in [5.41, 5.74) is 3.32. The highest BCUT2D eigenvalue weighted by atomic mass is 32.1. The second kappa shape index (κ2) is 7.32. The van der Waals surface area contributed by atoms with Gasteiger partial charge in [0.05, 0.1) is 27.8 Å². The molecule has 5 nitrogen and oxygen atoms in total. The van der Waals surface area contributed by atoms with E-state index in [-0.39, 0.29) is 11.6 Å². The van der Waals surface area contributed by atoms with E-state index in [9.17, 15) is 18.3 Å². The van der Waals surface area contributed by atoms with Gasteiger partial charge in [0.2, 0.25) is 5.88 Å². The van der Waals surface area contributed by atoms with E-state index in [4.69, 9.17) is 0 Å². The van der Waals surface area contributed by atoms with E-state index in [1.807, 2.05) is 13.0 Å². The van der Waals surface area contributed by atoms with E-state index in [2.05, 4.69) is 19.7 Å². The molecule has 148 valence electrons. The lowest BCUT2D eigenvalue weighted by Crippen LogP contribution is -2.04. The number of aromatic nitrogens is 3. The number of aromatic hydroxyl groups is 1. The summed E-state index contributed by atoms with van der Waals surface area (Å²) in [6.07, 6.45) is 1.13. The van der Waals surface area contributed by atoms with Gasteiger partial charge in [-0.2, -0.15) is 8.78 Å². The van der Waals surface area contributed by atoms with Crippen molar-refractivity contribution < 1.29 is 23.0 Å². The fourth-order valence-corrected chi connectivity index (χ4v) is 4.12. The van der Waals surface area contributed by atoms with Gasteiger partial charge >= 0.3 is 6.61 Å². The molecular formula is C20H14F3N3O2S. The number of fused-ring (bicyclic) bond motifs is 1. The zero-order valence-electron chi connectivity index (χ0n) is 15.3. The molecule has 0 aliphatic rings. The number of benzene rings is 2. The van der Waals surface area contributed by atoms with Gasteiger partial charge in [-0.25, -0.2) is 19.3 Å². The number of alkyl halides is 2. The minimum Gasteiger partial charge on any atom is -0.507 e. The molecule has 2 aromatic carbocycles. The molecule has 0 aliphatic heterocycles. The molecule has 1 N–H and O–H groups in total. The minimum atomic E-state index is -2.99. The fraction of sp³-hybridized carbons (Fsp3) is 0.150. The van der Waals surface area contributed by atoms with Gasteiger partial charge in [0.1, 0.15) is 16.6 Å². The molecule has 2 aromatic heterocycles. The zero-order chi connectivity index (χ0) is 20.7. The van der Waals surface area contributed by atoms with Crippen LogP contribution in [0.4, 0.5) is 13.2 Å². The first kappa shape index (κ1) is 19.1. The first-order valence-electron chi connectivity index (χ1n) is 8.50. The van der Waals surface area contributed by atoms with E-state index < -0.39 is 12.4 Å². The van der Waals surface area contributed by atoms with Gasteiger partial charge in [0.25, 0.3) is 0 Å². The summed E-state index contributed by atoms with van der Waals surface area (Å²) in [4.78, 5) is 13.5. The summed E-state index contributed by atoms with van der Waals surface area (Å²) < 4.78 is 42.9. The second-order valence-electron chi connectivity index (χ2n) is 6.36. The van der Waals surface area contributed by atoms with Crippen molar-refractivity contribution in [2.24, 2.45) is 0 Å². The van der Waals surface area contributed by atoms with Crippen molar-refractivity contribution in [2.45, 2.75) is 20.5 Å². The molecule has 0 aliphatic carbocycles. The second-order valence-corrected chi connectivity index (χ2v) is 7.36. The predicted molar refractivity (Wildman–Crippen MR) is 104 cm³/mol. The Balaban J connectivity index is 1.86.